The Kier molecular flexibility index (Phi) is 7.48. The van der Waals surface area contributed by atoms with Gasteiger partial charge in [0, 0.05) is 5.75 Å². The van der Waals surface area contributed by atoms with Gasteiger partial charge in [0.25, 0.3) is 11.8 Å². The van der Waals surface area contributed by atoms with Crippen LogP contribution < -0.4 is 0 Å². The van der Waals surface area contributed by atoms with Crippen molar-refractivity contribution in [2.45, 2.75) is 26.0 Å². The van der Waals surface area contributed by atoms with Gasteiger partial charge in [0.15, 0.2) is 6.10 Å². The third-order valence-corrected chi connectivity index (χ3v) is 7.03. The van der Waals surface area contributed by atoms with Crippen LogP contribution in [0.5, 0.6) is 0 Å². The number of ether oxygens (including phenoxy) is 1. The quantitative estimate of drug-likeness (QED) is 0.309. The highest BCUT2D eigenvalue weighted by Crippen LogP contribution is 2.30. The maximum Gasteiger partial charge on any atom is 0.331 e. The van der Waals surface area contributed by atoms with Crippen LogP contribution in [0.25, 0.3) is 0 Å². The molecule has 0 aromatic heterocycles. The van der Waals surface area contributed by atoms with Crippen molar-refractivity contribution in [1.82, 2.24) is 4.90 Å². The Bertz CT molecular complexity index is 1090. The molecule has 0 saturated carbocycles. The summed E-state index contributed by atoms with van der Waals surface area (Å²) in [5.74, 6) is -0.0203. The third kappa shape index (κ3) is 5.07. The summed E-state index contributed by atoms with van der Waals surface area (Å²) in [5.41, 5.74) is 2.28. The zero-order valence-electron chi connectivity index (χ0n) is 19.2. The molecule has 0 bridgehead atoms. The van der Waals surface area contributed by atoms with Crippen LogP contribution >= 0.6 is 11.8 Å². The van der Waals surface area contributed by atoms with Crippen LogP contribution in [-0.4, -0.2) is 40.2 Å². The molecule has 5 nitrogen and oxygen atoms in total. The second-order valence-corrected chi connectivity index (χ2v) is 9.69. The summed E-state index contributed by atoms with van der Waals surface area (Å²) in [4.78, 5) is 41.0. The molecule has 1 aliphatic heterocycles. The fourth-order valence-corrected chi connectivity index (χ4v) is 5.05. The Hall–Kier alpha value is -3.38. The second-order valence-electron chi connectivity index (χ2n) is 8.61. The molecule has 1 heterocycles. The number of carbonyl (C=O) groups is 3. The smallest absolute Gasteiger partial charge is 0.331 e. The molecule has 2 amide bonds. The van der Waals surface area contributed by atoms with E-state index in [2.05, 4.69) is 13.8 Å². The predicted octanol–water partition coefficient (Wildman–Crippen LogP) is 5.37. The maximum absolute atomic E-state index is 13.6. The van der Waals surface area contributed by atoms with Gasteiger partial charge in [-0.25, -0.2) is 4.79 Å². The molecule has 0 fully saturated rings. The SMILES string of the molecule is CC(C)CSCC(C(=O)OC(c1ccccc1)c1ccccc1)N1C(=O)c2ccccc2C1=O. The molecule has 3 aromatic rings. The molecule has 3 aromatic carbocycles. The van der Waals surface area contributed by atoms with Crippen molar-refractivity contribution in [3.8, 4) is 0 Å². The van der Waals surface area contributed by atoms with Crippen molar-refractivity contribution in [2.24, 2.45) is 5.92 Å². The van der Waals surface area contributed by atoms with Gasteiger partial charge < -0.3 is 4.74 Å². The molecular formula is C28H27NO4S. The first-order chi connectivity index (χ1) is 16.5. The number of benzene rings is 3. The molecular weight excluding hydrogens is 446 g/mol. The monoisotopic (exact) mass is 473 g/mol. The average Bonchev–Trinajstić information content (AvgIpc) is 3.11. The van der Waals surface area contributed by atoms with Gasteiger partial charge in [0.05, 0.1) is 11.1 Å². The molecule has 4 rings (SSSR count). The van der Waals surface area contributed by atoms with E-state index in [9.17, 15) is 14.4 Å². The molecule has 0 radical (unpaired) electrons. The van der Waals surface area contributed by atoms with Gasteiger partial charge >= 0.3 is 5.97 Å². The fourth-order valence-electron chi connectivity index (χ4n) is 3.93. The lowest BCUT2D eigenvalue weighted by atomic mass is 10.0. The van der Waals surface area contributed by atoms with Gasteiger partial charge in [-0.05, 0) is 34.9 Å². The lowest BCUT2D eigenvalue weighted by Gasteiger charge is -2.27. The van der Waals surface area contributed by atoms with E-state index in [0.717, 1.165) is 21.8 Å². The van der Waals surface area contributed by atoms with Gasteiger partial charge in [-0.2, -0.15) is 11.8 Å². The molecule has 0 spiro atoms. The summed E-state index contributed by atoms with van der Waals surface area (Å²) < 4.78 is 6.05. The zero-order chi connectivity index (χ0) is 24.1. The van der Waals surface area contributed by atoms with Crippen molar-refractivity contribution in [3.63, 3.8) is 0 Å². The Balaban J connectivity index is 1.65. The van der Waals surface area contributed by atoms with E-state index in [1.165, 1.54) is 11.8 Å². The topological polar surface area (TPSA) is 63.7 Å². The minimum Gasteiger partial charge on any atom is -0.451 e. The highest BCUT2D eigenvalue weighted by atomic mass is 32.2. The minimum absolute atomic E-state index is 0.277. The standard InChI is InChI=1S/C28H27NO4S/c1-19(2)17-34-18-24(29-26(30)22-15-9-10-16-23(22)27(29)31)28(32)33-25(20-11-5-3-6-12-20)21-13-7-4-8-14-21/h3-16,19,24-25H,17-18H2,1-2H3. The third-order valence-electron chi connectivity index (χ3n) is 5.57. The van der Waals surface area contributed by atoms with Gasteiger partial charge in [0.2, 0.25) is 0 Å². The van der Waals surface area contributed by atoms with Crippen LogP contribution in [-0.2, 0) is 9.53 Å². The Labute approximate surface area is 204 Å². The normalized spacial score (nSPS) is 13.9. The van der Waals surface area contributed by atoms with Crippen molar-refractivity contribution in [3.05, 3.63) is 107 Å². The van der Waals surface area contributed by atoms with E-state index >= 15 is 0 Å². The molecule has 174 valence electrons. The molecule has 1 unspecified atom stereocenters. The molecule has 34 heavy (non-hydrogen) atoms. The Morgan fingerprint density at radius 3 is 1.71 bits per heavy atom. The summed E-state index contributed by atoms with van der Waals surface area (Å²) in [6.07, 6.45) is -0.650. The Morgan fingerprint density at radius 1 is 0.765 bits per heavy atom. The highest BCUT2D eigenvalue weighted by Gasteiger charge is 2.44. The van der Waals surface area contributed by atoms with E-state index in [4.69, 9.17) is 4.74 Å². The minimum atomic E-state index is -1.02. The van der Waals surface area contributed by atoms with Gasteiger partial charge in [0.1, 0.15) is 6.04 Å². The van der Waals surface area contributed by atoms with Gasteiger partial charge in [-0.15, -0.1) is 0 Å². The van der Waals surface area contributed by atoms with Crippen LogP contribution in [0.4, 0.5) is 0 Å². The second kappa shape index (κ2) is 10.7. The van der Waals surface area contributed by atoms with Crippen LogP contribution in [0.3, 0.4) is 0 Å². The number of thioether (sulfide) groups is 1. The lowest BCUT2D eigenvalue weighted by molar-refractivity contribution is -0.151. The van der Waals surface area contributed by atoms with Crippen LogP contribution in [0.1, 0.15) is 51.8 Å². The number of carbonyl (C=O) groups excluding carboxylic acids is 3. The van der Waals surface area contributed by atoms with E-state index in [1.807, 2.05) is 60.7 Å². The highest BCUT2D eigenvalue weighted by molar-refractivity contribution is 7.99. The first-order valence-corrected chi connectivity index (χ1v) is 12.5. The summed E-state index contributed by atoms with van der Waals surface area (Å²) in [6.45, 7) is 4.17. The summed E-state index contributed by atoms with van der Waals surface area (Å²) in [5, 5.41) is 0. The summed E-state index contributed by atoms with van der Waals surface area (Å²) >= 11 is 1.54. The van der Waals surface area contributed by atoms with Crippen molar-refractivity contribution >= 4 is 29.5 Å². The largest absolute Gasteiger partial charge is 0.451 e. The number of rotatable bonds is 9. The van der Waals surface area contributed by atoms with Gasteiger partial charge in [-0.3, -0.25) is 14.5 Å². The zero-order valence-corrected chi connectivity index (χ0v) is 20.0. The van der Waals surface area contributed by atoms with E-state index in [0.29, 0.717) is 17.0 Å². The first kappa shape index (κ1) is 23.8. The molecule has 0 N–H and O–H groups in total. The number of fused-ring (bicyclic) bond motifs is 1. The van der Waals surface area contributed by atoms with Crippen molar-refractivity contribution in [1.29, 1.82) is 0 Å². The fraction of sp³-hybridized carbons (Fsp3) is 0.250. The molecule has 0 aliphatic carbocycles. The van der Waals surface area contributed by atoms with E-state index in [1.54, 1.807) is 24.3 Å². The van der Waals surface area contributed by atoms with Crippen LogP contribution in [0, 0.1) is 5.92 Å². The predicted molar refractivity (Wildman–Crippen MR) is 134 cm³/mol. The van der Waals surface area contributed by atoms with Crippen molar-refractivity contribution < 1.29 is 19.1 Å². The van der Waals surface area contributed by atoms with Crippen LogP contribution in [0.15, 0.2) is 84.9 Å². The summed E-state index contributed by atoms with van der Waals surface area (Å²) in [7, 11) is 0. The maximum atomic E-state index is 13.6. The number of esters is 1. The summed E-state index contributed by atoms with van der Waals surface area (Å²) in [6, 6.07) is 24.6. The number of nitrogens with zero attached hydrogens (tertiary/aromatic N) is 1. The number of hydrogen-bond donors (Lipinski definition) is 0. The van der Waals surface area contributed by atoms with E-state index in [-0.39, 0.29) is 5.75 Å². The van der Waals surface area contributed by atoms with Crippen molar-refractivity contribution in [2.75, 3.05) is 11.5 Å². The lowest BCUT2D eigenvalue weighted by Crippen LogP contribution is -2.47. The molecule has 0 saturated heterocycles. The Morgan fingerprint density at radius 2 is 1.24 bits per heavy atom. The molecule has 6 heteroatoms. The molecule has 1 aliphatic rings. The van der Waals surface area contributed by atoms with Crippen LogP contribution in [0.2, 0.25) is 0 Å². The number of imide groups is 1. The number of amides is 2. The number of hydrogen-bond acceptors (Lipinski definition) is 5. The molecule has 1 atom stereocenters. The van der Waals surface area contributed by atoms with Gasteiger partial charge in [-0.1, -0.05) is 86.6 Å². The average molecular weight is 474 g/mol. The van der Waals surface area contributed by atoms with E-state index < -0.39 is 29.9 Å². The first-order valence-electron chi connectivity index (χ1n) is 11.3.